The van der Waals surface area contributed by atoms with E-state index < -0.39 is 5.91 Å². The Morgan fingerprint density at radius 2 is 1.42 bits per heavy atom. The van der Waals surface area contributed by atoms with Gasteiger partial charge in [0.25, 0.3) is 5.91 Å². The minimum Gasteiger partial charge on any atom is -0.332 e. The zero-order valence-electron chi connectivity index (χ0n) is 17.6. The molecule has 0 aliphatic carbocycles. The molecule has 0 saturated heterocycles. The Kier molecular flexibility index (Phi) is 7.02. The van der Waals surface area contributed by atoms with E-state index in [9.17, 15) is 14.4 Å². The lowest BCUT2D eigenvalue weighted by Gasteiger charge is -2.19. The number of amides is 2. The Labute approximate surface area is 190 Å². The molecule has 3 aromatic carbocycles. The van der Waals surface area contributed by atoms with Crippen molar-refractivity contribution in [1.82, 2.24) is 4.90 Å². The molecular weight excluding hydrogens is 456 g/mol. The Morgan fingerprint density at radius 1 is 0.839 bits per heavy atom. The second kappa shape index (κ2) is 9.71. The number of benzene rings is 3. The molecule has 0 radical (unpaired) electrons. The number of rotatable bonds is 6. The van der Waals surface area contributed by atoms with E-state index in [1.807, 2.05) is 32.0 Å². The summed E-state index contributed by atoms with van der Waals surface area (Å²) in [5.74, 6) is -0.937. The van der Waals surface area contributed by atoms with Gasteiger partial charge in [-0.3, -0.25) is 14.4 Å². The SMILES string of the molecule is Cc1cccc(C)c1NC(=O)CN(C)C(=O)c1ccccc1C(=O)c1ccc(Br)cc1. The first-order chi connectivity index (χ1) is 14.8. The normalized spacial score (nSPS) is 10.5. The van der Waals surface area contributed by atoms with Crippen LogP contribution in [0, 0.1) is 13.8 Å². The number of nitrogens with zero attached hydrogens (tertiary/aromatic N) is 1. The third kappa shape index (κ3) is 5.27. The van der Waals surface area contributed by atoms with Gasteiger partial charge >= 0.3 is 0 Å². The molecule has 0 atom stereocenters. The summed E-state index contributed by atoms with van der Waals surface area (Å²) in [4.78, 5) is 39.9. The Hall–Kier alpha value is -3.25. The van der Waals surface area contributed by atoms with Gasteiger partial charge in [-0.05, 0) is 55.3 Å². The van der Waals surface area contributed by atoms with Gasteiger partial charge in [0.2, 0.25) is 5.91 Å². The number of carbonyl (C=O) groups excluding carboxylic acids is 3. The maximum absolute atomic E-state index is 13.1. The summed E-state index contributed by atoms with van der Waals surface area (Å²) in [6.45, 7) is 3.70. The molecule has 3 aromatic rings. The molecule has 158 valence electrons. The second-order valence-corrected chi connectivity index (χ2v) is 8.27. The van der Waals surface area contributed by atoms with Gasteiger partial charge in [0.05, 0.1) is 12.1 Å². The van der Waals surface area contributed by atoms with Crippen molar-refractivity contribution < 1.29 is 14.4 Å². The lowest BCUT2D eigenvalue weighted by molar-refractivity contribution is -0.116. The van der Waals surface area contributed by atoms with Crippen molar-refractivity contribution >= 4 is 39.2 Å². The first-order valence-corrected chi connectivity index (χ1v) is 10.6. The number of hydrogen-bond donors (Lipinski definition) is 1. The molecule has 0 spiro atoms. The third-order valence-electron chi connectivity index (χ3n) is 4.98. The molecule has 0 fully saturated rings. The molecule has 0 heterocycles. The van der Waals surface area contributed by atoms with Crippen LogP contribution in [0.2, 0.25) is 0 Å². The predicted molar refractivity (Wildman–Crippen MR) is 126 cm³/mol. The van der Waals surface area contributed by atoms with Crippen molar-refractivity contribution in [3.05, 3.63) is 99.0 Å². The zero-order valence-corrected chi connectivity index (χ0v) is 19.2. The van der Waals surface area contributed by atoms with Gasteiger partial charge in [0, 0.05) is 28.3 Å². The molecule has 0 aromatic heterocycles. The van der Waals surface area contributed by atoms with Crippen molar-refractivity contribution in [1.29, 1.82) is 0 Å². The molecule has 31 heavy (non-hydrogen) atoms. The van der Waals surface area contributed by atoms with E-state index in [0.717, 1.165) is 21.3 Å². The highest BCUT2D eigenvalue weighted by atomic mass is 79.9. The Morgan fingerprint density at radius 3 is 2.03 bits per heavy atom. The minimum atomic E-state index is -0.391. The number of carbonyl (C=O) groups is 3. The van der Waals surface area contributed by atoms with Crippen molar-refractivity contribution in [3.8, 4) is 0 Å². The highest BCUT2D eigenvalue weighted by Crippen LogP contribution is 2.20. The lowest BCUT2D eigenvalue weighted by atomic mass is 9.97. The topological polar surface area (TPSA) is 66.5 Å². The van der Waals surface area contributed by atoms with Gasteiger partial charge in [0.15, 0.2) is 5.78 Å². The smallest absolute Gasteiger partial charge is 0.254 e. The molecule has 5 nitrogen and oxygen atoms in total. The molecule has 0 saturated carbocycles. The average molecular weight is 479 g/mol. The van der Waals surface area contributed by atoms with Gasteiger partial charge in [-0.15, -0.1) is 0 Å². The second-order valence-electron chi connectivity index (χ2n) is 7.36. The third-order valence-corrected chi connectivity index (χ3v) is 5.51. The number of para-hydroxylation sites is 1. The Balaban J connectivity index is 1.77. The summed E-state index contributed by atoms with van der Waals surface area (Å²) in [6.07, 6.45) is 0. The molecule has 0 aliphatic heterocycles. The summed E-state index contributed by atoms with van der Waals surface area (Å²) in [5.41, 5.74) is 3.70. The van der Waals surface area contributed by atoms with Crippen LogP contribution < -0.4 is 5.32 Å². The van der Waals surface area contributed by atoms with Crippen LogP contribution >= 0.6 is 15.9 Å². The number of aryl methyl sites for hydroxylation is 2. The predicted octanol–water partition coefficient (Wildman–Crippen LogP) is 5.01. The quantitative estimate of drug-likeness (QED) is 0.506. The fourth-order valence-electron chi connectivity index (χ4n) is 3.31. The van der Waals surface area contributed by atoms with Gasteiger partial charge in [-0.1, -0.05) is 52.3 Å². The fraction of sp³-hybridized carbons (Fsp3) is 0.160. The molecular formula is C25H23BrN2O3. The lowest BCUT2D eigenvalue weighted by Crippen LogP contribution is -2.35. The van der Waals surface area contributed by atoms with Crippen LogP contribution in [0.15, 0.2) is 71.2 Å². The maximum atomic E-state index is 13.1. The first-order valence-electron chi connectivity index (χ1n) is 9.78. The van der Waals surface area contributed by atoms with Crippen molar-refractivity contribution in [2.75, 3.05) is 18.9 Å². The van der Waals surface area contributed by atoms with Gasteiger partial charge < -0.3 is 10.2 Å². The molecule has 6 heteroatoms. The standard InChI is InChI=1S/C25H23BrN2O3/c1-16-7-6-8-17(2)23(16)27-22(29)15-28(3)25(31)21-10-5-4-9-20(21)24(30)18-11-13-19(26)14-12-18/h4-14H,15H2,1-3H3,(H,27,29). The average Bonchev–Trinajstić information content (AvgIpc) is 2.76. The molecule has 3 rings (SSSR count). The van der Waals surface area contributed by atoms with E-state index in [-0.39, 0.29) is 23.8 Å². The molecule has 2 amide bonds. The van der Waals surface area contributed by atoms with Crippen LogP contribution in [0.5, 0.6) is 0 Å². The molecule has 0 aliphatic rings. The largest absolute Gasteiger partial charge is 0.332 e. The van der Waals surface area contributed by atoms with Crippen molar-refractivity contribution in [2.45, 2.75) is 13.8 Å². The van der Waals surface area contributed by atoms with Crippen LogP contribution in [-0.2, 0) is 4.79 Å². The fourth-order valence-corrected chi connectivity index (χ4v) is 3.57. The number of halogens is 1. The summed E-state index contributed by atoms with van der Waals surface area (Å²) in [7, 11) is 1.55. The van der Waals surface area contributed by atoms with Gasteiger partial charge in [-0.25, -0.2) is 0 Å². The maximum Gasteiger partial charge on any atom is 0.254 e. The van der Waals surface area contributed by atoms with E-state index >= 15 is 0 Å². The van der Waals surface area contributed by atoms with Crippen molar-refractivity contribution in [3.63, 3.8) is 0 Å². The highest BCUT2D eigenvalue weighted by molar-refractivity contribution is 9.10. The molecule has 1 N–H and O–H groups in total. The number of anilines is 1. The number of likely N-dealkylation sites (N-methyl/N-ethyl adjacent to an activating group) is 1. The van der Waals surface area contributed by atoms with E-state index in [4.69, 9.17) is 0 Å². The van der Waals surface area contributed by atoms with E-state index in [0.29, 0.717) is 11.1 Å². The number of ketones is 1. The summed E-state index contributed by atoms with van der Waals surface area (Å²) >= 11 is 3.35. The highest BCUT2D eigenvalue weighted by Gasteiger charge is 2.22. The molecule has 0 bridgehead atoms. The van der Waals surface area contributed by atoms with Gasteiger partial charge in [-0.2, -0.15) is 0 Å². The summed E-state index contributed by atoms with van der Waals surface area (Å²) < 4.78 is 0.864. The van der Waals surface area contributed by atoms with E-state index in [1.165, 1.54) is 4.90 Å². The van der Waals surface area contributed by atoms with Crippen molar-refractivity contribution in [2.24, 2.45) is 0 Å². The minimum absolute atomic E-state index is 0.132. The first kappa shape index (κ1) is 22.4. The monoisotopic (exact) mass is 478 g/mol. The number of nitrogens with one attached hydrogen (secondary N) is 1. The van der Waals surface area contributed by atoms with Gasteiger partial charge in [0.1, 0.15) is 0 Å². The van der Waals surface area contributed by atoms with E-state index in [1.54, 1.807) is 55.6 Å². The summed E-state index contributed by atoms with van der Waals surface area (Å²) in [5, 5.41) is 2.88. The van der Waals surface area contributed by atoms with Crippen LogP contribution in [0.25, 0.3) is 0 Å². The zero-order chi connectivity index (χ0) is 22.5. The molecule has 0 unspecified atom stereocenters. The number of hydrogen-bond acceptors (Lipinski definition) is 3. The van der Waals surface area contributed by atoms with Crippen LogP contribution in [-0.4, -0.2) is 36.1 Å². The van der Waals surface area contributed by atoms with Crippen LogP contribution in [0.4, 0.5) is 5.69 Å². The van der Waals surface area contributed by atoms with Crippen LogP contribution in [0.3, 0.4) is 0 Å². The van der Waals surface area contributed by atoms with Crippen LogP contribution in [0.1, 0.15) is 37.4 Å². The summed E-state index contributed by atoms with van der Waals surface area (Å²) in [6, 6.07) is 19.4. The van der Waals surface area contributed by atoms with E-state index in [2.05, 4.69) is 21.2 Å². The Bertz CT molecular complexity index is 1120.